The second-order valence-electron chi connectivity index (χ2n) is 4.83. The maximum absolute atomic E-state index is 11.5. The molecule has 0 radical (unpaired) electrons. The van der Waals surface area contributed by atoms with Crippen molar-refractivity contribution in [1.82, 2.24) is 15.5 Å². The van der Waals surface area contributed by atoms with E-state index < -0.39 is 0 Å². The standard InChI is InChI=1S/C11H21N3O/c1-14(7-10-3-2-6-12-10)8-11(15)13-9-4-5-9/h9-10,12H,2-8H2,1H3,(H,13,15). The molecule has 1 aliphatic heterocycles. The summed E-state index contributed by atoms with van der Waals surface area (Å²) in [5.74, 6) is 0.179. The van der Waals surface area contributed by atoms with E-state index >= 15 is 0 Å². The van der Waals surface area contributed by atoms with E-state index in [9.17, 15) is 4.79 Å². The first-order valence-corrected chi connectivity index (χ1v) is 5.95. The van der Waals surface area contributed by atoms with Crippen molar-refractivity contribution in [3.8, 4) is 0 Å². The molecule has 1 saturated carbocycles. The molecule has 4 nitrogen and oxygen atoms in total. The van der Waals surface area contributed by atoms with Gasteiger partial charge in [0.2, 0.25) is 5.91 Å². The molecular weight excluding hydrogens is 190 g/mol. The summed E-state index contributed by atoms with van der Waals surface area (Å²) in [4.78, 5) is 13.6. The maximum Gasteiger partial charge on any atom is 0.234 e. The molecule has 1 aliphatic carbocycles. The summed E-state index contributed by atoms with van der Waals surface area (Å²) in [5, 5.41) is 6.45. The number of nitrogens with zero attached hydrogens (tertiary/aromatic N) is 1. The lowest BCUT2D eigenvalue weighted by molar-refractivity contribution is -0.122. The van der Waals surface area contributed by atoms with Crippen LogP contribution < -0.4 is 10.6 Å². The Hall–Kier alpha value is -0.610. The average molecular weight is 211 g/mol. The van der Waals surface area contributed by atoms with Crippen LogP contribution in [0.1, 0.15) is 25.7 Å². The molecule has 1 saturated heterocycles. The highest BCUT2D eigenvalue weighted by atomic mass is 16.2. The van der Waals surface area contributed by atoms with Crippen molar-refractivity contribution < 1.29 is 4.79 Å². The SMILES string of the molecule is CN(CC(=O)NC1CC1)CC1CCCN1. The first-order chi connectivity index (χ1) is 7.24. The minimum Gasteiger partial charge on any atom is -0.352 e. The van der Waals surface area contributed by atoms with Gasteiger partial charge in [0.1, 0.15) is 0 Å². The van der Waals surface area contributed by atoms with E-state index in [0.29, 0.717) is 18.6 Å². The zero-order valence-electron chi connectivity index (χ0n) is 9.46. The van der Waals surface area contributed by atoms with Gasteiger partial charge < -0.3 is 10.6 Å². The molecular formula is C11H21N3O. The second-order valence-corrected chi connectivity index (χ2v) is 4.83. The zero-order valence-corrected chi connectivity index (χ0v) is 9.46. The van der Waals surface area contributed by atoms with Crippen LogP contribution in [0.25, 0.3) is 0 Å². The van der Waals surface area contributed by atoms with Crippen molar-refractivity contribution in [2.24, 2.45) is 0 Å². The number of rotatable bonds is 5. The molecule has 0 aromatic heterocycles. The lowest BCUT2D eigenvalue weighted by Gasteiger charge is -2.20. The third kappa shape index (κ3) is 3.80. The summed E-state index contributed by atoms with van der Waals surface area (Å²) in [6.45, 7) is 2.65. The van der Waals surface area contributed by atoms with Gasteiger partial charge in [-0.3, -0.25) is 9.69 Å². The second kappa shape index (κ2) is 4.94. The van der Waals surface area contributed by atoms with E-state index in [1.807, 2.05) is 7.05 Å². The van der Waals surface area contributed by atoms with Gasteiger partial charge in [-0.05, 0) is 39.3 Å². The normalized spacial score (nSPS) is 25.9. The molecule has 2 N–H and O–H groups in total. The summed E-state index contributed by atoms with van der Waals surface area (Å²) in [6.07, 6.45) is 4.85. The van der Waals surface area contributed by atoms with Crippen LogP contribution in [-0.4, -0.2) is 49.6 Å². The summed E-state index contributed by atoms with van der Waals surface area (Å²) in [7, 11) is 2.02. The molecule has 2 aliphatic rings. The fourth-order valence-corrected chi connectivity index (χ4v) is 2.10. The van der Waals surface area contributed by atoms with Gasteiger partial charge in [0.15, 0.2) is 0 Å². The molecule has 86 valence electrons. The lowest BCUT2D eigenvalue weighted by Crippen LogP contribution is -2.41. The van der Waals surface area contributed by atoms with E-state index in [2.05, 4.69) is 15.5 Å². The topological polar surface area (TPSA) is 44.4 Å². The molecule has 0 spiro atoms. The van der Waals surface area contributed by atoms with Gasteiger partial charge in [0, 0.05) is 18.6 Å². The van der Waals surface area contributed by atoms with Crippen molar-refractivity contribution >= 4 is 5.91 Å². The molecule has 4 heteroatoms. The average Bonchev–Trinajstić information content (AvgIpc) is 2.80. The minimum absolute atomic E-state index is 0.179. The number of nitrogens with one attached hydrogen (secondary N) is 2. The van der Waals surface area contributed by atoms with Crippen LogP contribution in [0.2, 0.25) is 0 Å². The largest absolute Gasteiger partial charge is 0.352 e. The summed E-state index contributed by atoms with van der Waals surface area (Å²) in [5.41, 5.74) is 0. The Bertz CT molecular complexity index is 222. The maximum atomic E-state index is 11.5. The highest BCUT2D eigenvalue weighted by molar-refractivity contribution is 5.78. The third-order valence-electron chi connectivity index (χ3n) is 3.05. The minimum atomic E-state index is 0.179. The van der Waals surface area contributed by atoms with E-state index in [1.165, 1.54) is 25.7 Å². The Labute approximate surface area is 91.4 Å². The molecule has 1 amide bonds. The molecule has 1 unspecified atom stereocenters. The van der Waals surface area contributed by atoms with Crippen molar-refractivity contribution in [3.63, 3.8) is 0 Å². The summed E-state index contributed by atoms with van der Waals surface area (Å²) >= 11 is 0. The Morgan fingerprint density at radius 3 is 2.87 bits per heavy atom. The van der Waals surface area contributed by atoms with Gasteiger partial charge in [-0.25, -0.2) is 0 Å². The number of carbonyl (C=O) groups is 1. The van der Waals surface area contributed by atoms with Crippen molar-refractivity contribution in [2.75, 3.05) is 26.7 Å². The van der Waals surface area contributed by atoms with Crippen LogP contribution in [0.3, 0.4) is 0 Å². The van der Waals surface area contributed by atoms with E-state index in [-0.39, 0.29) is 5.91 Å². The molecule has 0 bridgehead atoms. The first-order valence-electron chi connectivity index (χ1n) is 5.95. The quantitative estimate of drug-likeness (QED) is 0.670. The van der Waals surface area contributed by atoms with Gasteiger partial charge in [-0.1, -0.05) is 0 Å². The van der Waals surface area contributed by atoms with Crippen molar-refractivity contribution in [2.45, 2.75) is 37.8 Å². The van der Waals surface area contributed by atoms with Gasteiger partial charge >= 0.3 is 0 Å². The molecule has 2 rings (SSSR count). The van der Waals surface area contributed by atoms with Crippen molar-refractivity contribution in [3.05, 3.63) is 0 Å². The highest BCUT2D eigenvalue weighted by Gasteiger charge is 2.24. The molecule has 1 atom stereocenters. The third-order valence-corrected chi connectivity index (χ3v) is 3.05. The Morgan fingerprint density at radius 2 is 2.27 bits per heavy atom. The van der Waals surface area contributed by atoms with Crippen LogP contribution in [0.15, 0.2) is 0 Å². The smallest absolute Gasteiger partial charge is 0.234 e. The molecule has 0 aromatic carbocycles. The Kier molecular flexibility index (Phi) is 3.59. The number of hydrogen-bond donors (Lipinski definition) is 2. The number of amides is 1. The van der Waals surface area contributed by atoms with Crippen molar-refractivity contribution in [1.29, 1.82) is 0 Å². The van der Waals surface area contributed by atoms with Gasteiger partial charge in [0.25, 0.3) is 0 Å². The van der Waals surface area contributed by atoms with Crippen LogP contribution >= 0.6 is 0 Å². The lowest BCUT2D eigenvalue weighted by atomic mass is 10.2. The van der Waals surface area contributed by atoms with Gasteiger partial charge in [-0.15, -0.1) is 0 Å². The molecule has 2 fully saturated rings. The van der Waals surface area contributed by atoms with E-state index in [1.54, 1.807) is 0 Å². The fraction of sp³-hybridized carbons (Fsp3) is 0.909. The van der Waals surface area contributed by atoms with Crippen LogP contribution in [0, 0.1) is 0 Å². The summed E-state index contributed by atoms with van der Waals surface area (Å²) in [6, 6.07) is 1.07. The monoisotopic (exact) mass is 211 g/mol. The number of carbonyl (C=O) groups excluding carboxylic acids is 1. The molecule has 15 heavy (non-hydrogen) atoms. The van der Waals surface area contributed by atoms with E-state index in [0.717, 1.165) is 13.1 Å². The summed E-state index contributed by atoms with van der Waals surface area (Å²) < 4.78 is 0. The molecule has 1 heterocycles. The van der Waals surface area contributed by atoms with Gasteiger partial charge in [-0.2, -0.15) is 0 Å². The van der Waals surface area contributed by atoms with Crippen LogP contribution in [0.5, 0.6) is 0 Å². The number of hydrogen-bond acceptors (Lipinski definition) is 3. The predicted molar refractivity (Wildman–Crippen MR) is 59.7 cm³/mol. The van der Waals surface area contributed by atoms with Crippen LogP contribution in [0.4, 0.5) is 0 Å². The number of likely N-dealkylation sites (N-methyl/N-ethyl adjacent to an activating group) is 1. The highest BCUT2D eigenvalue weighted by Crippen LogP contribution is 2.18. The predicted octanol–water partition coefficient (Wildman–Crippen LogP) is -0.0512. The Morgan fingerprint density at radius 1 is 1.47 bits per heavy atom. The Balaban J connectivity index is 1.61. The zero-order chi connectivity index (χ0) is 10.7. The first kappa shape index (κ1) is 10.9. The fourth-order valence-electron chi connectivity index (χ4n) is 2.10. The van der Waals surface area contributed by atoms with Gasteiger partial charge in [0.05, 0.1) is 6.54 Å². The van der Waals surface area contributed by atoms with E-state index in [4.69, 9.17) is 0 Å². The molecule has 0 aromatic rings. The van der Waals surface area contributed by atoms with Crippen LogP contribution in [-0.2, 0) is 4.79 Å².